The van der Waals surface area contributed by atoms with Gasteiger partial charge in [0.25, 0.3) is 0 Å². The minimum atomic E-state index is -0.711. The van der Waals surface area contributed by atoms with Crippen LogP contribution < -0.4 is 11.5 Å². The summed E-state index contributed by atoms with van der Waals surface area (Å²) in [6, 6.07) is 0. The van der Waals surface area contributed by atoms with Crippen molar-refractivity contribution in [2.75, 3.05) is 13.2 Å². The van der Waals surface area contributed by atoms with E-state index in [1.54, 1.807) is 6.92 Å². The Morgan fingerprint density at radius 2 is 1.41 bits per heavy atom. The van der Waals surface area contributed by atoms with Crippen molar-refractivity contribution in [3.8, 4) is 0 Å². The van der Waals surface area contributed by atoms with Gasteiger partial charge in [-0.3, -0.25) is 0 Å². The summed E-state index contributed by atoms with van der Waals surface area (Å²) in [5, 5.41) is 0. The Hall–Kier alpha value is -0.770. The number of nitrogens with two attached hydrogens (primary N) is 2. The lowest BCUT2D eigenvalue weighted by atomic mass is 10.1. The molecule has 4 N–H and O–H groups in total. The highest BCUT2D eigenvalue weighted by atomic mass is 16.5. The first kappa shape index (κ1) is 18.6. The molecule has 0 atom stereocenters. The quantitative estimate of drug-likeness (QED) is 0.613. The molecule has 0 saturated heterocycles. The monoisotopic (exact) mass is 246 g/mol. The van der Waals surface area contributed by atoms with Crippen LogP contribution in [0.2, 0.25) is 0 Å². The van der Waals surface area contributed by atoms with Crippen molar-refractivity contribution in [3.05, 3.63) is 0 Å². The number of ether oxygens (including phenoxy) is 1. The van der Waals surface area contributed by atoms with E-state index in [9.17, 15) is 4.79 Å². The van der Waals surface area contributed by atoms with Crippen LogP contribution >= 0.6 is 0 Å². The molecule has 0 unspecified atom stereocenters. The zero-order valence-corrected chi connectivity index (χ0v) is 11.5. The zero-order valence-electron chi connectivity index (χ0n) is 11.5. The summed E-state index contributed by atoms with van der Waals surface area (Å²) in [4.78, 5) is 9.60. The summed E-state index contributed by atoms with van der Waals surface area (Å²) >= 11 is 0. The molecule has 0 aliphatic rings. The van der Waals surface area contributed by atoms with Crippen LogP contribution in [-0.2, 0) is 4.74 Å². The summed E-state index contributed by atoms with van der Waals surface area (Å²) in [5.41, 5.74) is 9.93. The summed E-state index contributed by atoms with van der Waals surface area (Å²) in [5.74, 6) is 0. The van der Waals surface area contributed by atoms with Gasteiger partial charge in [0.1, 0.15) is 0 Å². The number of amides is 1. The number of primary amides is 1. The van der Waals surface area contributed by atoms with Crippen molar-refractivity contribution in [1.29, 1.82) is 0 Å². The second kappa shape index (κ2) is 17.6. The van der Waals surface area contributed by atoms with Crippen LogP contribution in [-0.4, -0.2) is 19.2 Å². The Balaban J connectivity index is 0. The molecule has 4 heteroatoms. The van der Waals surface area contributed by atoms with Crippen molar-refractivity contribution >= 4 is 6.09 Å². The molecule has 0 aromatic rings. The Morgan fingerprint density at radius 3 is 1.71 bits per heavy atom. The van der Waals surface area contributed by atoms with Gasteiger partial charge in [-0.05, 0) is 19.9 Å². The van der Waals surface area contributed by atoms with Crippen molar-refractivity contribution < 1.29 is 9.53 Å². The van der Waals surface area contributed by atoms with E-state index in [4.69, 9.17) is 5.73 Å². The molecule has 0 aliphatic heterocycles. The highest BCUT2D eigenvalue weighted by Gasteiger charge is 1.89. The minimum absolute atomic E-state index is 0.356. The Morgan fingerprint density at radius 1 is 0.941 bits per heavy atom. The normalized spacial score (nSPS) is 9.35. The topological polar surface area (TPSA) is 78.3 Å². The molecule has 0 rings (SSSR count). The molecular formula is C13H30N2O2. The first-order valence-electron chi connectivity index (χ1n) is 6.81. The smallest absolute Gasteiger partial charge is 0.404 e. The molecular weight excluding hydrogens is 216 g/mol. The lowest BCUT2D eigenvalue weighted by Crippen LogP contribution is -2.11. The van der Waals surface area contributed by atoms with Crippen LogP contribution in [0.4, 0.5) is 4.79 Å². The third-order valence-corrected chi connectivity index (χ3v) is 2.34. The van der Waals surface area contributed by atoms with Crippen LogP contribution in [0, 0.1) is 0 Å². The Labute approximate surface area is 106 Å². The third kappa shape index (κ3) is 25.5. The number of hydrogen-bond acceptors (Lipinski definition) is 3. The zero-order chi connectivity index (χ0) is 13.4. The second-order valence-corrected chi connectivity index (χ2v) is 4.02. The number of unbranched alkanes of at least 4 members (excludes halogenated alkanes) is 7. The Kier molecular flexibility index (Phi) is 19.3. The molecule has 0 fully saturated rings. The number of carbonyl (C=O) groups excluding carboxylic acids is 1. The highest BCUT2D eigenvalue weighted by molar-refractivity contribution is 5.64. The van der Waals surface area contributed by atoms with Crippen molar-refractivity contribution in [1.82, 2.24) is 0 Å². The molecule has 0 aliphatic carbocycles. The number of hydrogen-bond donors (Lipinski definition) is 2. The largest absolute Gasteiger partial charge is 0.450 e. The van der Waals surface area contributed by atoms with Crippen molar-refractivity contribution in [2.24, 2.45) is 11.5 Å². The van der Waals surface area contributed by atoms with E-state index in [1.807, 2.05) is 0 Å². The summed E-state index contributed by atoms with van der Waals surface area (Å²) in [6.07, 6.45) is 10.3. The van der Waals surface area contributed by atoms with E-state index in [-0.39, 0.29) is 0 Å². The van der Waals surface area contributed by atoms with Gasteiger partial charge in [-0.2, -0.15) is 0 Å². The standard InChI is InChI=1S/C10H23N.C3H7NO2/c1-2-3-4-5-6-7-8-9-10-11;1-2-6-3(4)5/h2-11H2,1H3;2H2,1H3,(H2,4,5). The van der Waals surface area contributed by atoms with Crippen molar-refractivity contribution in [2.45, 2.75) is 65.2 Å². The van der Waals surface area contributed by atoms with Crippen LogP contribution in [0.1, 0.15) is 65.2 Å². The first-order chi connectivity index (χ1) is 8.18. The summed E-state index contributed by atoms with van der Waals surface area (Å²) < 4.78 is 4.18. The van der Waals surface area contributed by atoms with Crippen molar-refractivity contribution in [3.63, 3.8) is 0 Å². The molecule has 0 aromatic heterocycles. The molecule has 0 radical (unpaired) electrons. The lowest BCUT2D eigenvalue weighted by Gasteiger charge is -1.99. The van der Waals surface area contributed by atoms with E-state index in [0.717, 1.165) is 6.54 Å². The van der Waals surface area contributed by atoms with Gasteiger partial charge in [0, 0.05) is 0 Å². The van der Waals surface area contributed by atoms with Gasteiger partial charge in [0.15, 0.2) is 0 Å². The van der Waals surface area contributed by atoms with E-state index >= 15 is 0 Å². The SMILES string of the molecule is CCCCCCCCCCN.CCOC(N)=O. The van der Waals surface area contributed by atoms with E-state index in [2.05, 4.69) is 17.4 Å². The van der Waals surface area contributed by atoms with Gasteiger partial charge in [-0.1, -0.05) is 51.9 Å². The molecule has 0 saturated carbocycles. The van der Waals surface area contributed by atoms with E-state index in [1.165, 1.54) is 51.4 Å². The average molecular weight is 246 g/mol. The number of rotatable bonds is 9. The summed E-state index contributed by atoms with van der Waals surface area (Å²) in [6.45, 7) is 5.18. The number of carbonyl (C=O) groups is 1. The predicted octanol–water partition coefficient (Wildman–Crippen LogP) is 3.19. The fraction of sp³-hybridized carbons (Fsp3) is 0.923. The maximum atomic E-state index is 9.60. The fourth-order valence-corrected chi connectivity index (χ4v) is 1.42. The highest BCUT2D eigenvalue weighted by Crippen LogP contribution is 2.07. The fourth-order valence-electron chi connectivity index (χ4n) is 1.42. The maximum absolute atomic E-state index is 9.60. The van der Waals surface area contributed by atoms with Gasteiger partial charge >= 0.3 is 6.09 Å². The molecule has 17 heavy (non-hydrogen) atoms. The minimum Gasteiger partial charge on any atom is -0.450 e. The molecule has 4 nitrogen and oxygen atoms in total. The van der Waals surface area contributed by atoms with Crippen LogP contribution in [0.3, 0.4) is 0 Å². The predicted molar refractivity (Wildman–Crippen MR) is 72.9 cm³/mol. The molecule has 0 spiro atoms. The van der Waals surface area contributed by atoms with Gasteiger partial charge in [0.05, 0.1) is 6.61 Å². The van der Waals surface area contributed by atoms with Crippen LogP contribution in [0.25, 0.3) is 0 Å². The van der Waals surface area contributed by atoms with Gasteiger partial charge < -0.3 is 16.2 Å². The third-order valence-electron chi connectivity index (χ3n) is 2.34. The van der Waals surface area contributed by atoms with E-state index in [0.29, 0.717) is 6.61 Å². The lowest BCUT2D eigenvalue weighted by molar-refractivity contribution is 0.163. The molecule has 0 heterocycles. The maximum Gasteiger partial charge on any atom is 0.404 e. The first-order valence-corrected chi connectivity index (χ1v) is 6.81. The summed E-state index contributed by atoms with van der Waals surface area (Å²) in [7, 11) is 0. The average Bonchev–Trinajstić information content (AvgIpc) is 2.29. The van der Waals surface area contributed by atoms with Gasteiger partial charge in [-0.25, -0.2) is 4.79 Å². The van der Waals surface area contributed by atoms with Crippen LogP contribution in [0.5, 0.6) is 0 Å². The second-order valence-electron chi connectivity index (χ2n) is 4.02. The van der Waals surface area contributed by atoms with Gasteiger partial charge in [0.2, 0.25) is 0 Å². The molecule has 104 valence electrons. The molecule has 0 aromatic carbocycles. The Bertz CT molecular complexity index is 144. The molecule has 0 bridgehead atoms. The molecule has 1 amide bonds. The van der Waals surface area contributed by atoms with Gasteiger partial charge in [-0.15, -0.1) is 0 Å². The van der Waals surface area contributed by atoms with Crippen LogP contribution in [0.15, 0.2) is 0 Å². The van der Waals surface area contributed by atoms with E-state index < -0.39 is 6.09 Å².